The van der Waals surface area contributed by atoms with Crippen LogP contribution in [0.25, 0.3) is 0 Å². The van der Waals surface area contributed by atoms with Crippen LogP contribution >= 0.6 is 0 Å². The van der Waals surface area contributed by atoms with E-state index in [9.17, 15) is 0 Å². The molecule has 3 N–H and O–H groups in total. The molecule has 3 aliphatic carbocycles. The van der Waals surface area contributed by atoms with Gasteiger partial charge in [0.05, 0.1) is 0 Å². The van der Waals surface area contributed by atoms with Gasteiger partial charge in [0.15, 0.2) is 0 Å². The highest BCUT2D eigenvalue weighted by Gasteiger charge is 1.96. The first kappa shape index (κ1) is 60.0. The lowest BCUT2D eigenvalue weighted by Crippen LogP contribution is -2.29. The predicted molar refractivity (Wildman–Crippen MR) is 231 cm³/mol. The van der Waals surface area contributed by atoms with Crippen LogP contribution in [0.4, 0.5) is 0 Å². The fraction of sp³-hybridized carbons (Fsp3) is 1.00. The summed E-state index contributed by atoms with van der Waals surface area (Å²) in [6.07, 6.45) is 22.2. The molecular weight excluding hydrogens is 583 g/mol. The van der Waals surface area contributed by atoms with Crippen LogP contribution in [0.3, 0.4) is 0 Å². The van der Waals surface area contributed by atoms with E-state index < -0.39 is 0 Å². The molecule has 3 saturated carbocycles. The van der Waals surface area contributed by atoms with Gasteiger partial charge in [0.1, 0.15) is 0 Å². The molecule has 3 heteroatoms. The van der Waals surface area contributed by atoms with E-state index in [2.05, 4.69) is 141 Å². The number of nitrogens with one attached hydrogen (secondary N) is 3. The molecule has 0 bridgehead atoms. The Balaban J connectivity index is -0.000000100. The molecule has 6 rings (SSSR count). The first-order chi connectivity index (χ1) is 22.4. The summed E-state index contributed by atoms with van der Waals surface area (Å²) in [4.78, 5) is 0. The van der Waals surface area contributed by atoms with Gasteiger partial charge < -0.3 is 16.0 Å². The van der Waals surface area contributed by atoms with Crippen molar-refractivity contribution in [3.8, 4) is 0 Å². The molecule has 0 atom stereocenters. The summed E-state index contributed by atoms with van der Waals surface area (Å²) >= 11 is 0. The van der Waals surface area contributed by atoms with E-state index in [-0.39, 0.29) is 0 Å². The summed E-state index contributed by atoms with van der Waals surface area (Å²) < 4.78 is 0. The van der Waals surface area contributed by atoms with E-state index in [0.29, 0.717) is 0 Å². The molecule has 0 radical (unpaired) electrons. The highest BCUT2D eigenvalue weighted by Crippen LogP contribution is 2.15. The van der Waals surface area contributed by atoms with Crippen LogP contribution in [-0.4, -0.2) is 39.3 Å². The van der Waals surface area contributed by atoms with Gasteiger partial charge in [-0.1, -0.05) is 202 Å². The quantitative estimate of drug-likeness (QED) is 0.222. The Hall–Kier alpha value is -0.120. The second kappa shape index (κ2) is 56.3. The van der Waals surface area contributed by atoms with Gasteiger partial charge in [0.25, 0.3) is 0 Å². The minimum atomic E-state index is 0.833. The van der Waals surface area contributed by atoms with Gasteiger partial charge in [-0.3, -0.25) is 0 Å². The molecule has 48 heavy (non-hydrogen) atoms. The Labute approximate surface area is 310 Å². The molecule has 6 aliphatic rings. The van der Waals surface area contributed by atoms with Crippen molar-refractivity contribution in [2.45, 2.75) is 221 Å². The zero-order valence-corrected chi connectivity index (χ0v) is 37.8. The minimum absolute atomic E-state index is 0.833. The summed E-state index contributed by atoms with van der Waals surface area (Å²) in [7, 11) is 0. The van der Waals surface area contributed by atoms with Crippen LogP contribution in [0.15, 0.2) is 0 Å². The Morgan fingerprint density at radius 3 is 0.312 bits per heavy atom. The highest BCUT2D eigenvalue weighted by atomic mass is 15.0. The van der Waals surface area contributed by atoms with Crippen molar-refractivity contribution in [2.24, 2.45) is 35.5 Å². The Kier molecular flexibility index (Phi) is 70.3. The van der Waals surface area contributed by atoms with Crippen LogP contribution in [-0.2, 0) is 0 Å². The van der Waals surface area contributed by atoms with Crippen molar-refractivity contribution in [2.75, 3.05) is 39.3 Å². The second-order valence-electron chi connectivity index (χ2n) is 17.9. The van der Waals surface area contributed by atoms with Crippen molar-refractivity contribution in [1.82, 2.24) is 16.0 Å². The third-order valence-corrected chi connectivity index (χ3v) is 4.52. The molecule has 300 valence electrons. The zero-order chi connectivity index (χ0) is 38.4. The average molecular weight is 688 g/mol. The standard InChI is InChI=1S/C5H10.C4H9N.C4H8.6C4H10.C3H7N.C3H6.C2H5N/c2*1-2-4-5-3-1;1-2-4-3-1;6*1-4(2)3;1-2-4-3-1;2*1-2-3-1/h1-5H2;5H,1-4H2;1-4H2;6*4H,1-3H3;4H,1-3H2;1-3H2;3H,1-2H2. The zero-order valence-electron chi connectivity index (χ0n) is 37.8. The largest absolute Gasteiger partial charge is 0.317 e. The van der Waals surface area contributed by atoms with E-state index in [0.717, 1.165) is 35.5 Å². The maximum Gasteiger partial charge on any atom is 0.00772 e. The normalized spacial score (nSPS) is 16.5. The molecule has 0 spiro atoms. The third kappa shape index (κ3) is 234. The minimum Gasteiger partial charge on any atom is -0.317 e. The van der Waals surface area contributed by atoms with Gasteiger partial charge in [-0.25, -0.2) is 0 Å². The molecule has 0 amide bonds. The fourth-order valence-corrected chi connectivity index (χ4v) is 1.94. The smallest absolute Gasteiger partial charge is 0.00772 e. The molecule has 0 aromatic carbocycles. The SMILES string of the molecule is C1CC1.C1CCC1.C1CCCC1.C1CCNC1.C1CN1.C1CNC1.CC(C)C.CC(C)C.CC(C)C.CC(C)C.CC(C)C.CC(C)C. The predicted octanol–water partition coefficient (Wildman–Crippen LogP) is 14.6. The number of hydrogen-bond donors (Lipinski definition) is 3. The van der Waals surface area contributed by atoms with Gasteiger partial charge in [-0.15, -0.1) is 0 Å². The van der Waals surface area contributed by atoms with E-state index in [1.807, 2.05) is 0 Å². The van der Waals surface area contributed by atoms with Crippen LogP contribution in [0, 0.1) is 35.5 Å². The third-order valence-electron chi connectivity index (χ3n) is 4.52. The van der Waals surface area contributed by atoms with Crippen molar-refractivity contribution < 1.29 is 0 Å². The molecule has 3 heterocycles. The van der Waals surface area contributed by atoms with Crippen molar-refractivity contribution in [3.63, 3.8) is 0 Å². The summed E-state index contributed by atoms with van der Waals surface area (Å²) in [5, 5.41) is 9.33. The fourth-order valence-electron chi connectivity index (χ4n) is 1.94. The maximum absolute atomic E-state index is 3.22. The summed E-state index contributed by atoms with van der Waals surface area (Å²) in [6.45, 7) is 46.5. The lowest BCUT2D eigenvalue weighted by molar-refractivity contribution is 0.504. The van der Waals surface area contributed by atoms with Gasteiger partial charge >= 0.3 is 0 Å². The number of rotatable bonds is 0. The first-order valence-electron chi connectivity index (χ1n) is 21.5. The molecular formula is C45H105N3. The van der Waals surface area contributed by atoms with Crippen molar-refractivity contribution >= 4 is 0 Å². The summed E-state index contributed by atoms with van der Waals surface area (Å²) in [5.74, 6) is 5.00. The van der Waals surface area contributed by atoms with E-state index in [1.165, 1.54) is 136 Å². The van der Waals surface area contributed by atoms with Crippen molar-refractivity contribution in [1.29, 1.82) is 0 Å². The van der Waals surface area contributed by atoms with Crippen molar-refractivity contribution in [3.05, 3.63) is 0 Å². The van der Waals surface area contributed by atoms with Crippen LogP contribution in [0.5, 0.6) is 0 Å². The van der Waals surface area contributed by atoms with Crippen LogP contribution < -0.4 is 16.0 Å². The Morgan fingerprint density at radius 2 is 0.271 bits per heavy atom. The Bertz CT molecular complexity index is 321. The summed E-state index contributed by atoms with van der Waals surface area (Å²) in [6, 6.07) is 0. The topological polar surface area (TPSA) is 46.0 Å². The second-order valence-corrected chi connectivity index (χ2v) is 17.9. The monoisotopic (exact) mass is 688 g/mol. The van der Waals surface area contributed by atoms with Crippen LogP contribution in [0.2, 0.25) is 0 Å². The van der Waals surface area contributed by atoms with E-state index in [1.54, 1.807) is 0 Å². The highest BCUT2D eigenvalue weighted by molar-refractivity contribution is 4.59. The Morgan fingerprint density at radius 1 is 0.188 bits per heavy atom. The van der Waals surface area contributed by atoms with Gasteiger partial charge in [-0.2, -0.15) is 0 Å². The molecule has 3 aliphatic heterocycles. The molecule has 6 fully saturated rings. The summed E-state index contributed by atoms with van der Waals surface area (Å²) in [5.41, 5.74) is 0. The molecule has 0 aromatic heterocycles. The molecule has 3 saturated heterocycles. The van der Waals surface area contributed by atoms with E-state index in [4.69, 9.17) is 0 Å². The average Bonchev–Trinajstić information content (AvgIpc) is 3.78. The van der Waals surface area contributed by atoms with Gasteiger partial charge in [0, 0.05) is 13.1 Å². The maximum atomic E-state index is 3.22. The molecule has 3 nitrogen and oxygen atoms in total. The van der Waals surface area contributed by atoms with Gasteiger partial charge in [0.2, 0.25) is 0 Å². The van der Waals surface area contributed by atoms with Crippen LogP contribution in [0.1, 0.15) is 221 Å². The number of hydrogen-bond acceptors (Lipinski definition) is 3. The lowest BCUT2D eigenvalue weighted by atomic mass is 10.0. The van der Waals surface area contributed by atoms with Gasteiger partial charge in [-0.05, 0) is 80.9 Å². The molecule has 0 unspecified atom stereocenters. The lowest BCUT2D eigenvalue weighted by Gasteiger charge is -2.09. The van der Waals surface area contributed by atoms with E-state index >= 15 is 0 Å². The first-order valence-corrected chi connectivity index (χ1v) is 21.5. The molecule has 0 aromatic rings.